The second kappa shape index (κ2) is 5.17. The lowest BCUT2D eigenvalue weighted by molar-refractivity contribution is 0.362. The summed E-state index contributed by atoms with van der Waals surface area (Å²) in [5, 5.41) is 3.36. The van der Waals surface area contributed by atoms with Crippen molar-refractivity contribution >= 4 is 11.4 Å². The number of aromatic nitrogens is 1. The van der Waals surface area contributed by atoms with Crippen LogP contribution in [-0.2, 0) is 0 Å². The molecule has 1 N–H and O–H groups in total. The highest BCUT2D eigenvalue weighted by Crippen LogP contribution is 2.39. The molecular weight excluding hydrogens is 222 g/mol. The van der Waals surface area contributed by atoms with Gasteiger partial charge in [0.1, 0.15) is 0 Å². The lowest BCUT2D eigenvalue weighted by Crippen LogP contribution is -2.42. The minimum Gasteiger partial charge on any atom is -0.384 e. The summed E-state index contributed by atoms with van der Waals surface area (Å²) in [5.74, 6) is 0.932. The van der Waals surface area contributed by atoms with Crippen molar-refractivity contribution in [2.24, 2.45) is 5.92 Å². The average Bonchev–Trinajstić information content (AvgIpc) is 2.87. The van der Waals surface area contributed by atoms with E-state index in [1.807, 2.05) is 12.4 Å². The molecule has 1 aromatic rings. The van der Waals surface area contributed by atoms with Crippen LogP contribution in [0.15, 0.2) is 18.5 Å². The van der Waals surface area contributed by atoms with Gasteiger partial charge >= 0.3 is 0 Å². The van der Waals surface area contributed by atoms with E-state index in [9.17, 15) is 0 Å². The van der Waals surface area contributed by atoms with Crippen LogP contribution in [0.4, 0.5) is 11.4 Å². The first kappa shape index (κ1) is 11.8. The molecule has 3 rings (SSSR count). The fourth-order valence-corrected chi connectivity index (χ4v) is 3.66. The Hall–Kier alpha value is -1.25. The molecular formula is C15H23N3. The molecule has 0 radical (unpaired) electrons. The largest absolute Gasteiger partial charge is 0.384 e. The lowest BCUT2D eigenvalue weighted by atomic mass is 9.91. The number of hydrogen-bond acceptors (Lipinski definition) is 3. The summed E-state index contributed by atoms with van der Waals surface area (Å²) in [4.78, 5) is 6.99. The molecule has 2 heterocycles. The van der Waals surface area contributed by atoms with E-state index in [0.29, 0.717) is 0 Å². The van der Waals surface area contributed by atoms with Gasteiger partial charge in [-0.3, -0.25) is 4.98 Å². The molecule has 3 heteroatoms. The quantitative estimate of drug-likeness (QED) is 0.885. The molecule has 1 aliphatic heterocycles. The second-order valence-electron chi connectivity index (χ2n) is 5.56. The van der Waals surface area contributed by atoms with Gasteiger partial charge in [0.2, 0.25) is 0 Å². The van der Waals surface area contributed by atoms with E-state index in [1.165, 1.54) is 44.3 Å². The van der Waals surface area contributed by atoms with E-state index < -0.39 is 0 Å². The van der Waals surface area contributed by atoms with Crippen molar-refractivity contribution in [3.63, 3.8) is 0 Å². The fourth-order valence-electron chi connectivity index (χ4n) is 3.66. The monoisotopic (exact) mass is 245 g/mol. The molecule has 0 aromatic carbocycles. The van der Waals surface area contributed by atoms with E-state index in [-0.39, 0.29) is 0 Å². The van der Waals surface area contributed by atoms with Crippen LogP contribution in [0.3, 0.4) is 0 Å². The van der Waals surface area contributed by atoms with Gasteiger partial charge in [0, 0.05) is 19.1 Å². The van der Waals surface area contributed by atoms with E-state index >= 15 is 0 Å². The van der Waals surface area contributed by atoms with E-state index in [4.69, 9.17) is 0 Å². The van der Waals surface area contributed by atoms with Crippen molar-refractivity contribution in [2.75, 3.05) is 23.3 Å². The second-order valence-corrected chi connectivity index (χ2v) is 5.56. The SMILES string of the molecule is CCNc1cncc(N2CCCC3CCCC32)c1. The Morgan fingerprint density at radius 2 is 2.17 bits per heavy atom. The lowest BCUT2D eigenvalue weighted by Gasteiger charge is -2.39. The third-order valence-corrected chi connectivity index (χ3v) is 4.43. The highest BCUT2D eigenvalue weighted by Gasteiger charge is 2.35. The maximum atomic E-state index is 4.39. The first-order valence-electron chi connectivity index (χ1n) is 7.34. The van der Waals surface area contributed by atoms with Crippen LogP contribution < -0.4 is 10.2 Å². The zero-order valence-corrected chi connectivity index (χ0v) is 11.2. The van der Waals surface area contributed by atoms with Gasteiger partial charge in [-0.1, -0.05) is 6.42 Å². The van der Waals surface area contributed by atoms with Crippen LogP contribution in [0.1, 0.15) is 39.0 Å². The number of piperidine rings is 1. The Bertz CT molecular complexity index is 404. The predicted molar refractivity (Wildman–Crippen MR) is 76.1 cm³/mol. The van der Waals surface area contributed by atoms with Gasteiger partial charge < -0.3 is 10.2 Å². The molecule has 0 bridgehead atoms. The van der Waals surface area contributed by atoms with E-state index in [0.717, 1.165) is 24.2 Å². The summed E-state index contributed by atoms with van der Waals surface area (Å²) >= 11 is 0. The molecule has 0 amide bonds. The summed E-state index contributed by atoms with van der Waals surface area (Å²) in [7, 11) is 0. The number of pyridine rings is 1. The van der Waals surface area contributed by atoms with E-state index in [2.05, 4.69) is 28.2 Å². The Morgan fingerprint density at radius 1 is 1.28 bits per heavy atom. The van der Waals surface area contributed by atoms with Crippen molar-refractivity contribution in [1.29, 1.82) is 0 Å². The summed E-state index contributed by atoms with van der Waals surface area (Å²) in [5.41, 5.74) is 2.46. The van der Waals surface area contributed by atoms with Crippen LogP contribution in [0, 0.1) is 5.92 Å². The molecule has 1 aromatic heterocycles. The topological polar surface area (TPSA) is 28.2 Å². The number of nitrogens with zero attached hydrogens (tertiary/aromatic N) is 2. The van der Waals surface area contributed by atoms with Gasteiger partial charge in [-0.2, -0.15) is 0 Å². The van der Waals surface area contributed by atoms with Crippen LogP contribution >= 0.6 is 0 Å². The molecule has 2 aliphatic rings. The molecule has 18 heavy (non-hydrogen) atoms. The first-order chi connectivity index (χ1) is 8.88. The fraction of sp³-hybridized carbons (Fsp3) is 0.667. The Kier molecular flexibility index (Phi) is 3.39. The maximum absolute atomic E-state index is 4.39. The first-order valence-corrected chi connectivity index (χ1v) is 7.34. The minimum absolute atomic E-state index is 0.775. The molecule has 0 spiro atoms. The van der Waals surface area contributed by atoms with Gasteiger partial charge in [0.05, 0.1) is 23.8 Å². The third-order valence-electron chi connectivity index (χ3n) is 4.43. The Morgan fingerprint density at radius 3 is 3.06 bits per heavy atom. The van der Waals surface area contributed by atoms with E-state index in [1.54, 1.807) is 0 Å². The van der Waals surface area contributed by atoms with Crippen molar-refractivity contribution in [2.45, 2.75) is 45.1 Å². The van der Waals surface area contributed by atoms with Gasteiger partial charge in [0.25, 0.3) is 0 Å². The van der Waals surface area contributed by atoms with Crippen molar-refractivity contribution < 1.29 is 0 Å². The van der Waals surface area contributed by atoms with Crippen molar-refractivity contribution in [1.82, 2.24) is 4.98 Å². The van der Waals surface area contributed by atoms with Crippen LogP contribution in [0.25, 0.3) is 0 Å². The average molecular weight is 245 g/mol. The Balaban J connectivity index is 1.82. The minimum atomic E-state index is 0.775. The Labute approximate surface area is 110 Å². The zero-order chi connectivity index (χ0) is 12.4. The summed E-state index contributed by atoms with van der Waals surface area (Å²) < 4.78 is 0. The van der Waals surface area contributed by atoms with Crippen LogP contribution in [0.5, 0.6) is 0 Å². The van der Waals surface area contributed by atoms with Crippen LogP contribution in [-0.4, -0.2) is 24.1 Å². The molecule has 98 valence electrons. The molecule has 1 saturated heterocycles. The molecule has 3 nitrogen and oxygen atoms in total. The normalized spacial score (nSPS) is 27.1. The number of anilines is 2. The predicted octanol–water partition coefficient (Wildman–Crippen LogP) is 3.28. The zero-order valence-electron chi connectivity index (χ0n) is 11.2. The molecule has 2 fully saturated rings. The molecule has 2 atom stereocenters. The number of hydrogen-bond donors (Lipinski definition) is 1. The smallest absolute Gasteiger partial charge is 0.0576 e. The highest BCUT2D eigenvalue weighted by atomic mass is 15.2. The van der Waals surface area contributed by atoms with Gasteiger partial charge in [-0.15, -0.1) is 0 Å². The maximum Gasteiger partial charge on any atom is 0.0576 e. The summed E-state index contributed by atoms with van der Waals surface area (Å²) in [6, 6.07) is 3.04. The molecule has 1 saturated carbocycles. The molecule has 1 aliphatic carbocycles. The number of nitrogens with one attached hydrogen (secondary N) is 1. The van der Waals surface area contributed by atoms with Crippen molar-refractivity contribution in [3.8, 4) is 0 Å². The molecule has 2 unspecified atom stereocenters. The standard InChI is InChI=1S/C15H23N3/c1-2-17-13-9-14(11-16-10-13)18-8-4-6-12-5-3-7-15(12)18/h9-12,15,17H,2-8H2,1H3. The highest BCUT2D eigenvalue weighted by molar-refractivity contribution is 5.56. The van der Waals surface area contributed by atoms with Gasteiger partial charge in [-0.25, -0.2) is 0 Å². The summed E-state index contributed by atoms with van der Waals surface area (Å²) in [6.45, 7) is 4.29. The summed E-state index contributed by atoms with van der Waals surface area (Å²) in [6.07, 6.45) is 10.9. The number of fused-ring (bicyclic) bond motifs is 1. The van der Waals surface area contributed by atoms with Gasteiger partial charge in [-0.05, 0) is 44.6 Å². The van der Waals surface area contributed by atoms with Crippen molar-refractivity contribution in [3.05, 3.63) is 18.5 Å². The number of rotatable bonds is 3. The third kappa shape index (κ3) is 2.18. The van der Waals surface area contributed by atoms with Gasteiger partial charge in [0.15, 0.2) is 0 Å². The van der Waals surface area contributed by atoms with Crippen LogP contribution in [0.2, 0.25) is 0 Å².